The molecule has 1 rings (SSSR count). The Morgan fingerprint density at radius 3 is 2.87 bits per heavy atom. The van der Waals surface area contributed by atoms with E-state index in [-0.39, 0.29) is 25.0 Å². The lowest BCUT2D eigenvalue weighted by Crippen LogP contribution is -2.41. The Morgan fingerprint density at radius 1 is 1.30 bits per heavy atom. The summed E-state index contributed by atoms with van der Waals surface area (Å²) < 4.78 is 5.63. The van der Waals surface area contributed by atoms with E-state index < -0.39 is 12.0 Å². The smallest absolute Gasteiger partial charge is 0.326 e. The van der Waals surface area contributed by atoms with Crippen molar-refractivity contribution in [3.05, 3.63) is 0 Å². The van der Waals surface area contributed by atoms with Gasteiger partial charge in [-0.3, -0.25) is 4.79 Å². The molecule has 0 saturated carbocycles. The molecule has 0 fully saturated rings. The van der Waals surface area contributed by atoms with Gasteiger partial charge in [0.15, 0.2) is 0 Å². The summed E-state index contributed by atoms with van der Waals surface area (Å²) >= 11 is 0. The first-order chi connectivity index (χ1) is 11.1. The molecular weight excluding hydrogens is 296 g/mol. The van der Waals surface area contributed by atoms with Gasteiger partial charge in [-0.1, -0.05) is 12.3 Å². The Balaban J connectivity index is 2.26. The van der Waals surface area contributed by atoms with Gasteiger partial charge in [-0.15, -0.1) is 5.92 Å². The Labute approximate surface area is 138 Å². The van der Waals surface area contributed by atoms with Crippen LogP contribution in [0, 0.1) is 11.8 Å². The second-order valence-electron chi connectivity index (χ2n) is 5.77. The quantitative estimate of drug-likeness (QED) is 0.417. The average molecular weight is 324 g/mol. The van der Waals surface area contributed by atoms with Crippen LogP contribution in [0.1, 0.15) is 57.8 Å². The van der Waals surface area contributed by atoms with Gasteiger partial charge in [-0.05, 0) is 45.1 Å². The molecule has 0 radical (unpaired) electrons. The number of carbonyl (C=O) groups is 2. The number of rotatable bonds is 10. The van der Waals surface area contributed by atoms with Gasteiger partial charge >= 0.3 is 5.97 Å². The van der Waals surface area contributed by atoms with E-state index in [1.54, 1.807) is 0 Å². The van der Waals surface area contributed by atoms with Crippen molar-refractivity contribution in [1.82, 2.24) is 5.32 Å². The van der Waals surface area contributed by atoms with Crippen LogP contribution in [0.5, 0.6) is 0 Å². The van der Waals surface area contributed by atoms with Crippen LogP contribution >= 0.6 is 0 Å². The van der Waals surface area contributed by atoms with Crippen LogP contribution in [0.3, 0.4) is 0 Å². The molecule has 4 N–H and O–H groups in total. The summed E-state index contributed by atoms with van der Waals surface area (Å²) in [7, 11) is 0. The maximum absolute atomic E-state index is 11.8. The molecule has 2 atom stereocenters. The highest BCUT2D eigenvalue weighted by molar-refractivity contribution is 5.83. The SMILES string of the molecule is NCCCC[C@H](NC(=O)CCOC1C#CCCCCC1)C(=O)O. The fourth-order valence-corrected chi connectivity index (χ4v) is 2.41. The van der Waals surface area contributed by atoms with Crippen molar-refractivity contribution in [2.45, 2.75) is 69.9 Å². The first kappa shape index (κ1) is 19.5. The summed E-state index contributed by atoms with van der Waals surface area (Å²) in [5.41, 5.74) is 5.39. The van der Waals surface area contributed by atoms with E-state index in [0.717, 1.165) is 38.5 Å². The van der Waals surface area contributed by atoms with Gasteiger partial charge in [-0.2, -0.15) is 0 Å². The number of carboxylic acids is 1. The normalized spacial score (nSPS) is 18.9. The molecule has 0 aromatic carbocycles. The molecule has 0 saturated heterocycles. The second-order valence-corrected chi connectivity index (χ2v) is 5.77. The van der Waals surface area contributed by atoms with E-state index in [9.17, 15) is 9.59 Å². The van der Waals surface area contributed by atoms with Crippen LogP contribution < -0.4 is 11.1 Å². The average Bonchev–Trinajstić information content (AvgIpc) is 2.48. The van der Waals surface area contributed by atoms with Crippen LogP contribution in [-0.4, -0.2) is 42.3 Å². The zero-order chi connectivity index (χ0) is 16.9. The molecule has 6 heteroatoms. The monoisotopic (exact) mass is 324 g/mol. The van der Waals surface area contributed by atoms with Crippen molar-refractivity contribution in [3.63, 3.8) is 0 Å². The standard InChI is InChI=1S/C17H28N2O4/c18-12-7-6-10-15(17(21)22)19-16(20)11-13-23-14-8-4-2-1-3-5-9-14/h14-15H,1-4,6-8,10-13,18H2,(H,19,20)(H,21,22)/t14?,15-/m0/s1. The molecule has 0 aromatic rings. The van der Waals surface area contributed by atoms with Gasteiger partial charge in [0.05, 0.1) is 13.0 Å². The first-order valence-corrected chi connectivity index (χ1v) is 8.45. The second kappa shape index (κ2) is 11.9. The molecule has 130 valence electrons. The van der Waals surface area contributed by atoms with E-state index in [1.165, 1.54) is 0 Å². The minimum atomic E-state index is -1.01. The molecule has 1 amide bonds. The summed E-state index contributed by atoms with van der Waals surface area (Å²) in [5, 5.41) is 11.7. The fraction of sp³-hybridized carbons (Fsp3) is 0.765. The molecule has 1 aliphatic rings. The lowest BCUT2D eigenvalue weighted by atomic mass is 10.1. The van der Waals surface area contributed by atoms with Crippen LogP contribution in [0.15, 0.2) is 0 Å². The summed E-state index contributed by atoms with van der Waals surface area (Å²) in [6.45, 7) is 0.789. The third-order valence-corrected chi connectivity index (χ3v) is 3.76. The molecule has 1 unspecified atom stereocenters. The van der Waals surface area contributed by atoms with E-state index in [1.807, 2.05) is 0 Å². The number of nitrogens with one attached hydrogen (secondary N) is 1. The third-order valence-electron chi connectivity index (χ3n) is 3.76. The minimum absolute atomic E-state index is 0.108. The molecule has 6 nitrogen and oxygen atoms in total. The zero-order valence-corrected chi connectivity index (χ0v) is 13.7. The Morgan fingerprint density at radius 2 is 2.13 bits per heavy atom. The number of amides is 1. The number of ether oxygens (including phenoxy) is 1. The fourth-order valence-electron chi connectivity index (χ4n) is 2.41. The predicted octanol–water partition coefficient (Wildman–Crippen LogP) is 1.43. The van der Waals surface area contributed by atoms with E-state index >= 15 is 0 Å². The number of nitrogens with two attached hydrogens (primary N) is 1. The van der Waals surface area contributed by atoms with Crippen LogP contribution in [0.25, 0.3) is 0 Å². The lowest BCUT2D eigenvalue weighted by Gasteiger charge is -2.16. The Kier molecular flexibility index (Phi) is 10.1. The molecule has 0 spiro atoms. The van der Waals surface area contributed by atoms with Gasteiger partial charge in [-0.25, -0.2) is 4.79 Å². The number of carboxylic acid groups (broad SMARTS) is 1. The predicted molar refractivity (Wildman–Crippen MR) is 87.7 cm³/mol. The maximum atomic E-state index is 11.8. The first-order valence-electron chi connectivity index (χ1n) is 8.45. The van der Waals surface area contributed by atoms with Crippen molar-refractivity contribution >= 4 is 11.9 Å². The van der Waals surface area contributed by atoms with Crippen molar-refractivity contribution < 1.29 is 19.4 Å². The molecule has 0 aliphatic heterocycles. The van der Waals surface area contributed by atoms with E-state index in [4.69, 9.17) is 15.6 Å². The van der Waals surface area contributed by atoms with Gasteiger partial charge in [0, 0.05) is 6.42 Å². The zero-order valence-electron chi connectivity index (χ0n) is 13.7. The Bertz CT molecular complexity index is 428. The van der Waals surface area contributed by atoms with Gasteiger partial charge in [0.2, 0.25) is 5.91 Å². The van der Waals surface area contributed by atoms with Crippen molar-refractivity contribution in [2.24, 2.45) is 5.73 Å². The lowest BCUT2D eigenvalue weighted by molar-refractivity contribution is -0.142. The van der Waals surface area contributed by atoms with Crippen LogP contribution in [0.2, 0.25) is 0 Å². The number of unbranched alkanes of at least 4 members (excludes halogenated alkanes) is 1. The van der Waals surface area contributed by atoms with Crippen molar-refractivity contribution in [1.29, 1.82) is 0 Å². The molecular formula is C17H28N2O4. The third kappa shape index (κ3) is 9.22. The number of aliphatic carboxylic acids is 1. The summed E-state index contributed by atoms with van der Waals surface area (Å²) in [5.74, 6) is 4.85. The number of carbonyl (C=O) groups excluding carboxylic acids is 1. The number of hydrogen-bond acceptors (Lipinski definition) is 4. The molecule has 0 heterocycles. The maximum Gasteiger partial charge on any atom is 0.326 e. The van der Waals surface area contributed by atoms with E-state index in [0.29, 0.717) is 19.4 Å². The molecule has 23 heavy (non-hydrogen) atoms. The topological polar surface area (TPSA) is 102 Å². The highest BCUT2D eigenvalue weighted by atomic mass is 16.5. The summed E-state index contributed by atoms with van der Waals surface area (Å²) in [6, 6.07) is -0.852. The highest BCUT2D eigenvalue weighted by Crippen LogP contribution is 2.11. The highest BCUT2D eigenvalue weighted by Gasteiger charge is 2.19. The summed E-state index contributed by atoms with van der Waals surface area (Å²) in [6.07, 6.45) is 7.07. The largest absolute Gasteiger partial charge is 0.480 e. The molecule has 0 bridgehead atoms. The van der Waals surface area contributed by atoms with Gasteiger partial charge in [0.25, 0.3) is 0 Å². The van der Waals surface area contributed by atoms with Crippen molar-refractivity contribution in [3.8, 4) is 11.8 Å². The minimum Gasteiger partial charge on any atom is -0.480 e. The molecule has 0 aromatic heterocycles. The number of hydrogen-bond donors (Lipinski definition) is 3. The van der Waals surface area contributed by atoms with Gasteiger partial charge in [0.1, 0.15) is 12.1 Å². The Hall–Kier alpha value is -1.58. The van der Waals surface area contributed by atoms with Gasteiger partial charge < -0.3 is 20.9 Å². The van der Waals surface area contributed by atoms with Crippen LogP contribution in [-0.2, 0) is 14.3 Å². The summed E-state index contributed by atoms with van der Waals surface area (Å²) in [4.78, 5) is 23.0. The van der Waals surface area contributed by atoms with Crippen LogP contribution in [0.4, 0.5) is 0 Å². The molecule has 1 aliphatic carbocycles. The van der Waals surface area contributed by atoms with E-state index in [2.05, 4.69) is 17.2 Å². The van der Waals surface area contributed by atoms with Crippen molar-refractivity contribution in [2.75, 3.05) is 13.2 Å².